The zero-order chi connectivity index (χ0) is 19.5. The van der Waals surface area contributed by atoms with Gasteiger partial charge in [-0.25, -0.2) is 4.98 Å². The standard InChI is InChI=1S/C19H18N6O2S/c1-28-11-8-14(17-23-22-16-7-3-4-9-24(16)17)21-18(26)13-12-20-15-6-2-5-10-25(15)19(13)27/h2-7,9-10,12,14H,8,11H2,1H3,(H,21,26). The maximum atomic E-state index is 12.9. The zero-order valence-corrected chi connectivity index (χ0v) is 16.0. The number of carbonyl (C=O) groups excluding carboxylic acids is 1. The summed E-state index contributed by atoms with van der Waals surface area (Å²) in [4.78, 5) is 29.8. The fourth-order valence-electron chi connectivity index (χ4n) is 3.02. The minimum Gasteiger partial charge on any atom is -0.342 e. The minimum atomic E-state index is -0.477. The lowest BCUT2D eigenvalue weighted by Crippen LogP contribution is -2.35. The number of hydrogen-bond acceptors (Lipinski definition) is 6. The molecule has 9 heteroatoms. The molecule has 1 amide bonds. The van der Waals surface area contributed by atoms with Crippen LogP contribution < -0.4 is 10.9 Å². The zero-order valence-electron chi connectivity index (χ0n) is 15.1. The Morgan fingerprint density at radius 3 is 2.64 bits per heavy atom. The molecule has 8 nitrogen and oxygen atoms in total. The minimum absolute atomic E-state index is 0.00771. The predicted octanol–water partition coefficient (Wildman–Crippen LogP) is 1.96. The molecule has 4 aromatic rings. The molecule has 0 radical (unpaired) electrons. The van der Waals surface area contributed by atoms with E-state index in [1.807, 2.05) is 35.1 Å². The molecule has 0 saturated heterocycles. The van der Waals surface area contributed by atoms with Gasteiger partial charge in [-0.05, 0) is 42.7 Å². The third-order valence-corrected chi connectivity index (χ3v) is 5.07. The van der Waals surface area contributed by atoms with Crippen LogP contribution in [0.1, 0.15) is 28.6 Å². The Morgan fingerprint density at radius 1 is 1.11 bits per heavy atom. The molecule has 1 unspecified atom stereocenters. The van der Waals surface area contributed by atoms with E-state index in [-0.39, 0.29) is 11.6 Å². The fraction of sp³-hybridized carbons (Fsp3) is 0.211. The molecule has 1 N–H and O–H groups in total. The van der Waals surface area contributed by atoms with Crippen LogP contribution in [-0.4, -0.2) is 41.9 Å². The fourth-order valence-corrected chi connectivity index (χ4v) is 3.49. The van der Waals surface area contributed by atoms with Gasteiger partial charge in [0.2, 0.25) is 0 Å². The largest absolute Gasteiger partial charge is 0.342 e. The van der Waals surface area contributed by atoms with Gasteiger partial charge in [-0.2, -0.15) is 11.8 Å². The highest BCUT2D eigenvalue weighted by molar-refractivity contribution is 7.98. The van der Waals surface area contributed by atoms with E-state index in [1.165, 1.54) is 10.6 Å². The van der Waals surface area contributed by atoms with Gasteiger partial charge in [0.15, 0.2) is 11.5 Å². The van der Waals surface area contributed by atoms with Crippen LogP contribution in [0.25, 0.3) is 11.3 Å². The van der Waals surface area contributed by atoms with Crippen molar-refractivity contribution in [2.24, 2.45) is 0 Å². The molecule has 4 rings (SSSR count). The quantitative estimate of drug-likeness (QED) is 0.537. The lowest BCUT2D eigenvalue weighted by Gasteiger charge is -2.17. The van der Waals surface area contributed by atoms with E-state index in [0.29, 0.717) is 23.5 Å². The molecule has 4 aromatic heterocycles. The smallest absolute Gasteiger partial charge is 0.270 e. The lowest BCUT2D eigenvalue weighted by atomic mass is 10.2. The van der Waals surface area contributed by atoms with E-state index in [1.54, 1.807) is 36.2 Å². The molecule has 4 heterocycles. The lowest BCUT2D eigenvalue weighted by molar-refractivity contribution is 0.0931. The van der Waals surface area contributed by atoms with Crippen molar-refractivity contribution in [3.05, 3.63) is 76.7 Å². The normalized spacial score (nSPS) is 12.3. The summed E-state index contributed by atoms with van der Waals surface area (Å²) >= 11 is 1.67. The molecular weight excluding hydrogens is 376 g/mol. The number of rotatable bonds is 6. The molecule has 0 fully saturated rings. The van der Waals surface area contributed by atoms with Crippen molar-refractivity contribution >= 4 is 29.0 Å². The second-order valence-corrected chi connectivity index (χ2v) is 7.19. The van der Waals surface area contributed by atoms with Crippen LogP contribution >= 0.6 is 11.8 Å². The van der Waals surface area contributed by atoms with Crippen molar-refractivity contribution in [2.45, 2.75) is 12.5 Å². The topological polar surface area (TPSA) is 93.7 Å². The van der Waals surface area contributed by atoms with Crippen LogP contribution in [-0.2, 0) is 0 Å². The average molecular weight is 394 g/mol. The molecule has 0 saturated carbocycles. The van der Waals surface area contributed by atoms with Crippen LogP contribution in [0.5, 0.6) is 0 Å². The van der Waals surface area contributed by atoms with E-state index in [2.05, 4.69) is 20.5 Å². The molecule has 1 atom stereocenters. The van der Waals surface area contributed by atoms with Gasteiger partial charge < -0.3 is 5.32 Å². The van der Waals surface area contributed by atoms with Gasteiger partial charge in [-0.1, -0.05) is 12.1 Å². The molecule has 142 valence electrons. The van der Waals surface area contributed by atoms with Crippen molar-refractivity contribution < 1.29 is 4.79 Å². The summed E-state index contributed by atoms with van der Waals surface area (Å²) in [5, 5.41) is 11.4. The highest BCUT2D eigenvalue weighted by Gasteiger charge is 2.22. The Hall–Kier alpha value is -3.20. The number of pyridine rings is 2. The number of hydrogen-bond donors (Lipinski definition) is 1. The Morgan fingerprint density at radius 2 is 1.86 bits per heavy atom. The van der Waals surface area contributed by atoms with Crippen LogP contribution in [0.2, 0.25) is 0 Å². The first-order valence-corrected chi connectivity index (χ1v) is 10.1. The van der Waals surface area contributed by atoms with Gasteiger partial charge in [0.05, 0.1) is 6.04 Å². The highest BCUT2D eigenvalue weighted by atomic mass is 32.2. The van der Waals surface area contributed by atoms with Gasteiger partial charge in [0, 0.05) is 18.6 Å². The third kappa shape index (κ3) is 3.36. The summed E-state index contributed by atoms with van der Waals surface area (Å²) in [6, 6.07) is 10.5. The Bertz CT molecular complexity index is 1200. The van der Waals surface area contributed by atoms with Crippen LogP contribution in [0.15, 0.2) is 59.8 Å². The van der Waals surface area contributed by atoms with Gasteiger partial charge in [-0.15, -0.1) is 10.2 Å². The Balaban J connectivity index is 1.68. The summed E-state index contributed by atoms with van der Waals surface area (Å²) < 4.78 is 3.20. The van der Waals surface area contributed by atoms with E-state index in [0.717, 1.165) is 5.75 Å². The molecule has 0 aromatic carbocycles. The van der Waals surface area contributed by atoms with Crippen molar-refractivity contribution in [1.29, 1.82) is 0 Å². The number of amides is 1. The molecule has 0 aliphatic heterocycles. The van der Waals surface area contributed by atoms with Gasteiger partial charge >= 0.3 is 0 Å². The summed E-state index contributed by atoms with van der Waals surface area (Å²) in [5.41, 5.74) is 0.782. The molecular formula is C19H18N6O2S. The molecule has 28 heavy (non-hydrogen) atoms. The highest BCUT2D eigenvalue weighted by Crippen LogP contribution is 2.18. The summed E-state index contributed by atoms with van der Waals surface area (Å²) in [6.45, 7) is 0. The Labute approximate surface area is 164 Å². The van der Waals surface area contributed by atoms with E-state index >= 15 is 0 Å². The number of fused-ring (bicyclic) bond motifs is 2. The first-order chi connectivity index (χ1) is 13.7. The van der Waals surface area contributed by atoms with E-state index in [9.17, 15) is 9.59 Å². The number of nitrogens with zero attached hydrogens (tertiary/aromatic N) is 5. The van der Waals surface area contributed by atoms with Gasteiger partial charge in [0.1, 0.15) is 11.2 Å². The van der Waals surface area contributed by atoms with Crippen molar-refractivity contribution in [3.63, 3.8) is 0 Å². The monoisotopic (exact) mass is 394 g/mol. The van der Waals surface area contributed by atoms with Crippen LogP contribution in [0, 0.1) is 0 Å². The molecule has 0 bridgehead atoms. The first kappa shape index (κ1) is 18.2. The third-order valence-electron chi connectivity index (χ3n) is 4.43. The maximum Gasteiger partial charge on any atom is 0.270 e. The van der Waals surface area contributed by atoms with Gasteiger partial charge in [-0.3, -0.25) is 18.4 Å². The summed E-state index contributed by atoms with van der Waals surface area (Å²) in [5.74, 6) is 0.975. The van der Waals surface area contributed by atoms with Crippen molar-refractivity contribution in [3.8, 4) is 0 Å². The van der Waals surface area contributed by atoms with Crippen molar-refractivity contribution in [1.82, 2.24) is 29.3 Å². The molecule has 0 aliphatic rings. The number of thioether (sulfide) groups is 1. The summed E-state index contributed by atoms with van der Waals surface area (Å²) in [7, 11) is 0. The second kappa shape index (κ2) is 7.81. The van der Waals surface area contributed by atoms with E-state index < -0.39 is 11.5 Å². The SMILES string of the molecule is CSCCC(NC(=O)c1cnc2ccccn2c1=O)c1nnc2ccccn12. The van der Waals surface area contributed by atoms with Crippen molar-refractivity contribution in [2.75, 3.05) is 12.0 Å². The molecule has 0 aliphatic carbocycles. The van der Waals surface area contributed by atoms with Gasteiger partial charge in [0.25, 0.3) is 11.5 Å². The number of aromatic nitrogens is 5. The first-order valence-electron chi connectivity index (χ1n) is 8.75. The second-order valence-electron chi connectivity index (χ2n) is 6.20. The predicted molar refractivity (Wildman–Crippen MR) is 108 cm³/mol. The van der Waals surface area contributed by atoms with Crippen LogP contribution in [0.3, 0.4) is 0 Å². The Kier molecular flexibility index (Phi) is 5.07. The number of nitrogens with one attached hydrogen (secondary N) is 1. The summed E-state index contributed by atoms with van der Waals surface area (Å²) in [6.07, 6.45) is 7.43. The average Bonchev–Trinajstić information content (AvgIpc) is 3.15. The maximum absolute atomic E-state index is 12.9. The molecule has 0 spiro atoms. The van der Waals surface area contributed by atoms with E-state index in [4.69, 9.17) is 0 Å². The van der Waals surface area contributed by atoms with Crippen LogP contribution in [0.4, 0.5) is 0 Å². The number of carbonyl (C=O) groups is 1.